The number of hydrogen-bond acceptors (Lipinski definition) is 3. The molecule has 0 aliphatic carbocycles. The van der Waals surface area contributed by atoms with E-state index < -0.39 is 0 Å². The van der Waals surface area contributed by atoms with E-state index in [2.05, 4.69) is 31.2 Å². The van der Waals surface area contributed by atoms with Crippen LogP contribution in [0.25, 0.3) is 5.65 Å². The topological polar surface area (TPSA) is 59.3 Å². The van der Waals surface area contributed by atoms with Crippen molar-refractivity contribution in [3.63, 3.8) is 0 Å². The van der Waals surface area contributed by atoms with Crippen LogP contribution in [0, 0.1) is 6.92 Å². The highest BCUT2D eigenvalue weighted by Gasteiger charge is 2.20. The molecule has 0 unspecified atom stereocenters. The van der Waals surface area contributed by atoms with Gasteiger partial charge in [-0.2, -0.15) is 0 Å². The molecular weight excluding hydrogens is 380 g/mol. The first-order valence-electron chi connectivity index (χ1n) is 7.09. The molecule has 0 fully saturated rings. The summed E-state index contributed by atoms with van der Waals surface area (Å²) in [5.74, 6) is 0.199. The van der Waals surface area contributed by atoms with E-state index in [1.165, 1.54) is 6.20 Å². The van der Waals surface area contributed by atoms with Crippen LogP contribution in [0.4, 0.5) is 5.82 Å². The average molecular weight is 394 g/mol. The standard InChI is InChI=1S/C16H14BrClN4O/c1-3-12-14(16(23)21-13-5-4-10(18)7-19-13)22-8-9(2)6-11(17)15(22)20-12/h4-8H,3H2,1-2H3,(H,19,21,23). The molecule has 3 rings (SSSR count). The lowest BCUT2D eigenvalue weighted by Gasteiger charge is -2.07. The summed E-state index contributed by atoms with van der Waals surface area (Å²) < 4.78 is 2.67. The lowest BCUT2D eigenvalue weighted by molar-refractivity contribution is 0.102. The number of hydrogen-bond donors (Lipinski definition) is 1. The Morgan fingerprint density at radius 3 is 2.87 bits per heavy atom. The zero-order valence-electron chi connectivity index (χ0n) is 12.6. The number of rotatable bonds is 3. The summed E-state index contributed by atoms with van der Waals surface area (Å²) in [5, 5.41) is 3.31. The number of imidazole rings is 1. The molecule has 3 aromatic rings. The normalized spacial score (nSPS) is 11.0. The fraction of sp³-hybridized carbons (Fsp3) is 0.188. The number of pyridine rings is 2. The third-order valence-electron chi connectivity index (χ3n) is 3.40. The van der Waals surface area contributed by atoms with E-state index in [1.807, 2.05) is 30.5 Å². The van der Waals surface area contributed by atoms with Crippen LogP contribution in [0.1, 0.15) is 28.7 Å². The van der Waals surface area contributed by atoms with Crippen molar-refractivity contribution < 1.29 is 4.79 Å². The molecule has 0 aliphatic heterocycles. The maximum atomic E-state index is 12.7. The third-order valence-corrected chi connectivity index (χ3v) is 4.21. The van der Waals surface area contributed by atoms with Gasteiger partial charge in [0.25, 0.3) is 5.91 Å². The number of nitrogens with one attached hydrogen (secondary N) is 1. The Labute approximate surface area is 146 Å². The van der Waals surface area contributed by atoms with Crippen molar-refractivity contribution in [2.24, 2.45) is 0 Å². The van der Waals surface area contributed by atoms with Crippen molar-refractivity contribution in [2.45, 2.75) is 20.3 Å². The number of nitrogens with zero attached hydrogens (tertiary/aromatic N) is 3. The number of fused-ring (bicyclic) bond motifs is 1. The van der Waals surface area contributed by atoms with Gasteiger partial charge in [-0.05, 0) is 53.0 Å². The molecule has 0 radical (unpaired) electrons. The lowest BCUT2D eigenvalue weighted by atomic mass is 10.2. The summed E-state index contributed by atoms with van der Waals surface area (Å²) in [6, 6.07) is 5.32. The zero-order chi connectivity index (χ0) is 16.6. The van der Waals surface area contributed by atoms with Crippen molar-refractivity contribution >= 4 is 44.9 Å². The molecule has 0 saturated heterocycles. The molecule has 5 nitrogen and oxygen atoms in total. The van der Waals surface area contributed by atoms with Gasteiger partial charge in [0.05, 0.1) is 15.2 Å². The van der Waals surface area contributed by atoms with Gasteiger partial charge in [-0.1, -0.05) is 18.5 Å². The Morgan fingerprint density at radius 1 is 1.43 bits per heavy atom. The maximum Gasteiger partial charge on any atom is 0.275 e. The summed E-state index contributed by atoms with van der Waals surface area (Å²) in [7, 11) is 0. The first-order chi connectivity index (χ1) is 11.0. The van der Waals surface area contributed by atoms with Gasteiger partial charge in [0.1, 0.15) is 11.5 Å². The van der Waals surface area contributed by atoms with Crippen molar-refractivity contribution in [1.29, 1.82) is 0 Å². The Balaban J connectivity index is 2.07. The van der Waals surface area contributed by atoms with Gasteiger partial charge in [0.2, 0.25) is 0 Å². The molecule has 23 heavy (non-hydrogen) atoms. The second kappa shape index (κ2) is 6.29. The lowest BCUT2D eigenvalue weighted by Crippen LogP contribution is -2.17. The summed E-state index contributed by atoms with van der Waals surface area (Å²) in [5.41, 5.74) is 3.01. The number of aromatic nitrogens is 3. The molecule has 0 bridgehead atoms. The first kappa shape index (κ1) is 16.0. The van der Waals surface area contributed by atoms with Crippen LogP contribution in [0.2, 0.25) is 5.02 Å². The summed E-state index contributed by atoms with van der Waals surface area (Å²) >= 11 is 9.32. The van der Waals surface area contributed by atoms with Gasteiger partial charge in [-0.25, -0.2) is 9.97 Å². The highest BCUT2D eigenvalue weighted by molar-refractivity contribution is 9.10. The van der Waals surface area contributed by atoms with Gasteiger partial charge in [-0.3, -0.25) is 9.20 Å². The number of amides is 1. The third kappa shape index (κ3) is 3.09. The fourth-order valence-corrected chi connectivity index (χ4v) is 3.14. The molecule has 3 heterocycles. The second-order valence-electron chi connectivity index (χ2n) is 5.14. The van der Waals surface area contributed by atoms with E-state index in [9.17, 15) is 4.79 Å². The van der Waals surface area contributed by atoms with Crippen molar-refractivity contribution in [3.8, 4) is 0 Å². The minimum Gasteiger partial charge on any atom is -0.305 e. The molecule has 0 saturated carbocycles. The smallest absolute Gasteiger partial charge is 0.275 e. The Bertz CT molecular complexity index is 889. The molecule has 1 N–H and O–H groups in total. The molecule has 1 amide bonds. The summed E-state index contributed by atoms with van der Waals surface area (Å²) in [6.45, 7) is 3.94. The van der Waals surface area contributed by atoms with Crippen LogP contribution >= 0.6 is 27.5 Å². The molecule has 0 spiro atoms. The van der Waals surface area contributed by atoms with Crippen LogP contribution in [0.5, 0.6) is 0 Å². The van der Waals surface area contributed by atoms with E-state index in [0.717, 1.165) is 21.4 Å². The van der Waals surface area contributed by atoms with Crippen LogP contribution < -0.4 is 5.32 Å². The largest absolute Gasteiger partial charge is 0.305 e. The zero-order valence-corrected chi connectivity index (χ0v) is 14.9. The van der Waals surface area contributed by atoms with Gasteiger partial charge in [-0.15, -0.1) is 0 Å². The predicted octanol–water partition coefficient (Wildman–Crippen LogP) is 4.27. The van der Waals surface area contributed by atoms with Gasteiger partial charge in [0.15, 0.2) is 5.65 Å². The van der Waals surface area contributed by atoms with E-state index in [-0.39, 0.29) is 5.91 Å². The summed E-state index contributed by atoms with van der Waals surface area (Å²) in [4.78, 5) is 21.4. The van der Waals surface area contributed by atoms with Gasteiger partial charge >= 0.3 is 0 Å². The number of halogens is 2. The van der Waals surface area contributed by atoms with Crippen LogP contribution in [-0.4, -0.2) is 20.3 Å². The molecular formula is C16H14BrClN4O. The number of carbonyl (C=O) groups is 1. The minimum absolute atomic E-state index is 0.248. The van der Waals surface area contributed by atoms with Gasteiger partial charge in [0, 0.05) is 12.4 Å². The molecule has 3 aromatic heterocycles. The average Bonchev–Trinajstić information content (AvgIpc) is 2.88. The SMILES string of the molecule is CCc1nc2c(Br)cc(C)cn2c1C(=O)Nc1ccc(Cl)cn1. The Morgan fingerprint density at radius 2 is 2.22 bits per heavy atom. The summed E-state index contributed by atoms with van der Waals surface area (Å²) in [6.07, 6.45) is 4.05. The first-order valence-corrected chi connectivity index (χ1v) is 8.26. The van der Waals surface area contributed by atoms with E-state index in [0.29, 0.717) is 23.0 Å². The number of aryl methyl sites for hydroxylation is 2. The molecule has 7 heteroatoms. The van der Waals surface area contributed by atoms with Gasteiger partial charge < -0.3 is 5.32 Å². The Kier molecular flexibility index (Phi) is 4.37. The van der Waals surface area contributed by atoms with Crippen LogP contribution in [-0.2, 0) is 6.42 Å². The minimum atomic E-state index is -0.248. The highest BCUT2D eigenvalue weighted by atomic mass is 79.9. The van der Waals surface area contributed by atoms with E-state index in [1.54, 1.807) is 12.1 Å². The van der Waals surface area contributed by atoms with Crippen molar-refractivity contribution in [2.75, 3.05) is 5.32 Å². The Hall–Kier alpha value is -1.92. The van der Waals surface area contributed by atoms with Crippen LogP contribution in [0.3, 0.4) is 0 Å². The highest BCUT2D eigenvalue weighted by Crippen LogP contribution is 2.23. The maximum absolute atomic E-state index is 12.7. The fourth-order valence-electron chi connectivity index (χ4n) is 2.39. The van der Waals surface area contributed by atoms with E-state index in [4.69, 9.17) is 11.6 Å². The molecule has 0 aromatic carbocycles. The molecule has 0 aliphatic rings. The monoisotopic (exact) mass is 392 g/mol. The van der Waals surface area contributed by atoms with Crippen molar-refractivity contribution in [3.05, 3.63) is 57.0 Å². The molecule has 0 atom stereocenters. The number of carbonyl (C=O) groups excluding carboxylic acids is 1. The molecule has 118 valence electrons. The second-order valence-corrected chi connectivity index (χ2v) is 6.43. The number of anilines is 1. The predicted molar refractivity (Wildman–Crippen MR) is 94.2 cm³/mol. The van der Waals surface area contributed by atoms with E-state index >= 15 is 0 Å². The quantitative estimate of drug-likeness (QED) is 0.723. The van der Waals surface area contributed by atoms with Crippen molar-refractivity contribution in [1.82, 2.24) is 14.4 Å². The van der Waals surface area contributed by atoms with Crippen LogP contribution in [0.15, 0.2) is 35.1 Å².